The van der Waals surface area contributed by atoms with Crippen molar-refractivity contribution in [1.82, 2.24) is 43.2 Å². The number of nitrogens with two attached hydrogens (primary N) is 4. The molecule has 9 heterocycles. The molecule has 0 atom stereocenters. The fourth-order valence-corrected chi connectivity index (χ4v) is 7.65. The van der Waals surface area contributed by atoms with E-state index in [-0.39, 0.29) is 11.9 Å². The van der Waals surface area contributed by atoms with Gasteiger partial charge in [-0.2, -0.15) is 0 Å². The van der Waals surface area contributed by atoms with Crippen LogP contribution in [-0.2, 0) is 0 Å². The second-order valence-electron chi connectivity index (χ2n) is 15.2. The van der Waals surface area contributed by atoms with Crippen LogP contribution in [0.15, 0.2) is 91.1 Å². The fraction of sp³-hybridized carbons (Fsp3) is 0.302. The lowest BCUT2D eigenvalue weighted by Gasteiger charge is -2.07. The van der Waals surface area contributed by atoms with Crippen LogP contribution >= 0.6 is 22.6 Å². The van der Waals surface area contributed by atoms with Crippen LogP contribution in [0, 0.1) is 9.39 Å². The van der Waals surface area contributed by atoms with Crippen LogP contribution in [-0.4, -0.2) is 55.4 Å². The molecule has 8 aromatic heterocycles. The van der Waals surface area contributed by atoms with E-state index in [9.17, 15) is 4.39 Å². The van der Waals surface area contributed by atoms with Crippen molar-refractivity contribution < 1.29 is 4.39 Å². The molecule has 8 N–H and O–H groups in total. The minimum Gasteiger partial charge on any atom is -0.398 e. The van der Waals surface area contributed by atoms with E-state index in [0.29, 0.717) is 40.7 Å². The molecule has 0 aliphatic carbocycles. The summed E-state index contributed by atoms with van der Waals surface area (Å²) in [5, 5.41) is 3.43. The SMILES string of the molecule is CC(C)n1cc(C2=NCC=C2)c2c(N)ccnc21.CC(C)n1cc(F)c2c(N)ccnc21.CC(C)n1cc(I)c2c(N)ncnc21.CC(C)n1ccc2c(N)ccnc21. The van der Waals surface area contributed by atoms with Crippen molar-refractivity contribution in [2.24, 2.45) is 4.99 Å². The van der Waals surface area contributed by atoms with Crippen LogP contribution in [0.3, 0.4) is 0 Å². The Kier molecular flexibility index (Phi) is 12.9. The maximum Gasteiger partial charge on any atom is 0.152 e. The number of nitrogens with zero attached hydrogens (tertiary/aromatic N) is 10. The van der Waals surface area contributed by atoms with E-state index in [0.717, 1.165) is 65.9 Å². The first-order valence-electron chi connectivity index (χ1n) is 19.4. The van der Waals surface area contributed by atoms with Crippen molar-refractivity contribution >= 4 is 95.3 Å². The Bertz CT molecular complexity index is 2710. The third-order valence-electron chi connectivity index (χ3n) is 9.83. The third kappa shape index (κ3) is 8.72. The highest BCUT2D eigenvalue weighted by atomic mass is 127. The zero-order chi connectivity index (χ0) is 42.7. The van der Waals surface area contributed by atoms with Gasteiger partial charge in [-0.1, -0.05) is 6.08 Å². The Hall–Kier alpha value is -6.04. The van der Waals surface area contributed by atoms with E-state index >= 15 is 0 Å². The molecule has 14 nitrogen and oxygen atoms in total. The number of halogens is 2. The molecule has 0 radical (unpaired) electrons. The lowest BCUT2D eigenvalue weighted by molar-refractivity contribution is 0.585. The van der Waals surface area contributed by atoms with Crippen molar-refractivity contribution in [3.63, 3.8) is 0 Å². The van der Waals surface area contributed by atoms with Crippen molar-refractivity contribution in [1.29, 1.82) is 0 Å². The van der Waals surface area contributed by atoms with E-state index in [1.165, 1.54) is 12.5 Å². The van der Waals surface area contributed by atoms with Crippen molar-refractivity contribution in [2.45, 2.75) is 79.6 Å². The number of hydrogen-bond acceptors (Lipinski definition) is 10. The molecule has 0 unspecified atom stereocenters. The van der Waals surface area contributed by atoms with Crippen LogP contribution in [0.5, 0.6) is 0 Å². The van der Waals surface area contributed by atoms with Gasteiger partial charge in [-0.3, -0.25) is 4.99 Å². The van der Waals surface area contributed by atoms with E-state index in [4.69, 9.17) is 22.9 Å². The maximum atomic E-state index is 13.5. The highest BCUT2D eigenvalue weighted by Gasteiger charge is 2.18. The zero-order valence-electron chi connectivity index (χ0n) is 34.6. The summed E-state index contributed by atoms with van der Waals surface area (Å²) in [6, 6.07) is 8.62. The molecular formula is C43H52FIN14. The van der Waals surface area contributed by atoms with Crippen LogP contribution in [0.4, 0.5) is 27.3 Å². The number of allylic oxidation sites excluding steroid dienone is 1. The van der Waals surface area contributed by atoms with Crippen molar-refractivity contribution in [2.75, 3.05) is 29.5 Å². The first-order valence-corrected chi connectivity index (χ1v) is 20.5. The molecule has 308 valence electrons. The highest BCUT2D eigenvalue weighted by molar-refractivity contribution is 14.1. The average Bonchev–Trinajstić information content (AvgIpc) is 4.03. The lowest BCUT2D eigenvalue weighted by atomic mass is 10.1. The molecule has 0 amide bonds. The van der Waals surface area contributed by atoms with Crippen LogP contribution < -0.4 is 22.9 Å². The number of rotatable bonds is 5. The number of aromatic nitrogens is 9. The van der Waals surface area contributed by atoms with Gasteiger partial charge < -0.3 is 41.2 Å². The third-order valence-corrected chi connectivity index (χ3v) is 10.6. The molecule has 1 aliphatic heterocycles. The monoisotopic (exact) mass is 910 g/mol. The smallest absolute Gasteiger partial charge is 0.152 e. The summed E-state index contributed by atoms with van der Waals surface area (Å²) in [4.78, 5) is 25.6. The van der Waals surface area contributed by atoms with Crippen LogP contribution in [0.1, 0.15) is 85.1 Å². The Morgan fingerprint density at radius 2 is 1.12 bits per heavy atom. The Morgan fingerprint density at radius 3 is 1.71 bits per heavy atom. The van der Waals surface area contributed by atoms with E-state index in [1.807, 2.05) is 44.3 Å². The number of fused-ring (bicyclic) bond motifs is 4. The summed E-state index contributed by atoms with van der Waals surface area (Å²) in [6.45, 7) is 17.5. The molecule has 9 rings (SSSR count). The predicted molar refractivity (Wildman–Crippen MR) is 249 cm³/mol. The summed E-state index contributed by atoms with van der Waals surface area (Å²) in [5.74, 6) is 0.248. The normalized spacial score (nSPS) is 12.4. The largest absolute Gasteiger partial charge is 0.398 e. The summed E-state index contributed by atoms with van der Waals surface area (Å²) < 4.78 is 22.7. The van der Waals surface area contributed by atoms with Gasteiger partial charge in [0.15, 0.2) is 5.82 Å². The molecule has 8 aromatic rings. The first-order chi connectivity index (χ1) is 28.1. The second-order valence-corrected chi connectivity index (χ2v) is 16.4. The van der Waals surface area contributed by atoms with Crippen molar-refractivity contribution in [3.05, 3.63) is 101 Å². The zero-order valence-corrected chi connectivity index (χ0v) is 36.8. The van der Waals surface area contributed by atoms with Crippen LogP contribution in [0.25, 0.3) is 44.1 Å². The van der Waals surface area contributed by atoms with Crippen molar-refractivity contribution in [3.8, 4) is 0 Å². The topological polar surface area (TPSA) is 201 Å². The Morgan fingerprint density at radius 1 is 0.593 bits per heavy atom. The molecule has 0 bridgehead atoms. The van der Waals surface area contributed by atoms with Gasteiger partial charge in [0.25, 0.3) is 0 Å². The van der Waals surface area contributed by atoms with E-state index in [1.54, 1.807) is 29.2 Å². The lowest BCUT2D eigenvalue weighted by Crippen LogP contribution is -2.00. The van der Waals surface area contributed by atoms with Crippen LogP contribution in [0.2, 0.25) is 0 Å². The number of pyridine rings is 3. The van der Waals surface area contributed by atoms with Gasteiger partial charge in [0.2, 0.25) is 0 Å². The standard InChI is InChI=1S/C14H16N4.C10H12FN3.C10H13N3.C9H11IN4/c1-9(2)18-8-10(12-4-3-6-16-12)13-11(15)5-7-17-14(13)18;1-6(2)14-5-7(11)9-8(12)3-4-13-10(9)14;1-7(2)13-6-4-8-9(11)3-5-12-10(8)13;1-5(2)14-3-6(10)7-8(11)12-4-13-9(7)14/h3-5,7-9H,6H2,1-2H3,(H2,15,17);3-6H,1-2H3,(H2,12,13);3-7H,1-2H3,(H2,11,12);3-5H,1-2H3,(H2,11,12,13). The highest BCUT2D eigenvalue weighted by Crippen LogP contribution is 2.30. The predicted octanol–water partition coefficient (Wildman–Crippen LogP) is 9.30. The molecule has 1 aliphatic rings. The number of nitrogen functional groups attached to an aromatic ring is 4. The minimum absolute atomic E-state index is 0.177. The minimum atomic E-state index is -0.306. The molecule has 0 saturated heterocycles. The van der Waals surface area contributed by atoms with Gasteiger partial charge in [0, 0.05) is 99.1 Å². The average molecular weight is 911 g/mol. The second kappa shape index (κ2) is 17.8. The summed E-state index contributed by atoms with van der Waals surface area (Å²) in [7, 11) is 0. The number of anilines is 4. The Balaban J connectivity index is 0.000000133. The molecular weight excluding hydrogens is 858 g/mol. The molecule has 0 aromatic carbocycles. The van der Waals surface area contributed by atoms with Gasteiger partial charge in [-0.05, 0) is 108 Å². The van der Waals surface area contributed by atoms with E-state index in [2.05, 4.69) is 126 Å². The van der Waals surface area contributed by atoms with Gasteiger partial charge >= 0.3 is 0 Å². The van der Waals surface area contributed by atoms with Gasteiger partial charge in [-0.15, -0.1) is 0 Å². The number of aliphatic imine (C=N–C) groups is 1. The maximum absolute atomic E-state index is 13.5. The summed E-state index contributed by atoms with van der Waals surface area (Å²) >= 11 is 2.26. The summed E-state index contributed by atoms with van der Waals surface area (Å²) in [5.41, 5.74) is 30.9. The molecule has 0 fully saturated rings. The molecule has 59 heavy (non-hydrogen) atoms. The number of hydrogen-bond donors (Lipinski definition) is 4. The molecule has 0 spiro atoms. The quantitative estimate of drug-likeness (QED) is 0.122. The van der Waals surface area contributed by atoms with E-state index < -0.39 is 0 Å². The molecule has 16 heteroatoms. The fourth-order valence-electron chi connectivity index (χ4n) is 6.83. The summed E-state index contributed by atoms with van der Waals surface area (Å²) in [6.07, 6.45) is 18.3. The van der Waals surface area contributed by atoms with Gasteiger partial charge in [-0.25, -0.2) is 29.3 Å². The molecule has 0 saturated carbocycles. The van der Waals surface area contributed by atoms with Gasteiger partial charge in [0.1, 0.15) is 34.7 Å². The Labute approximate surface area is 356 Å². The van der Waals surface area contributed by atoms with Gasteiger partial charge in [0.05, 0.1) is 28.4 Å². The first kappa shape index (κ1) is 42.6.